The number of nitrogens with zero attached hydrogens (tertiary/aromatic N) is 6. The molecule has 14 heteroatoms. The Morgan fingerprint density at radius 1 is 1.32 bits per heavy atom. The summed E-state index contributed by atoms with van der Waals surface area (Å²) in [5.74, 6) is -2.02. The van der Waals surface area contributed by atoms with Crippen molar-refractivity contribution in [3.05, 3.63) is 16.9 Å². The first kappa shape index (κ1) is 28.7. The Morgan fingerprint density at radius 3 is 2.70 bits per heavy atom. The van der Waals surface area contributed by atoms with Gasteiger partial charge in [-0.15, -0.1) is 16.9 Å². The molecule has 3 fully saturated rings. The number of carbonyl (C=O) groups excluding carboxylic acids is 3. The normalized spacial score (nSPS) is 31.0. The molecule has 40 heavy (non-hydrogen) atoms. The van der Waals surface area contributed by atoms with Gasteiger partial charge in [-0.2, -0.15) is 0 Å². The zero-order chi connectivity index (χ0) is 28.9. The number of carboxylic acid groups (broad SMARTS) is 1. The number of ketones is 1. The Hall–Kier alpha value is -2.84. The second-order valence-corrected chi connectivity index (χ2v) is 13.6. The standard InChI is InChI=1S/C26H38N8O5S/c1-13(7-16(35)11-33-12-29-30-31-33)19-20-14(2)22(21(25(38)39)34(20)24(19)37)40-17-8-18(28-9-17)23(36)32-6-5-15(10-32)26(3,4)27/h12-15,17-20,28H,5-11,27H2,1-4H3,(H,38,39)/t13-,14+,15+,17-,18-,19+,20+/m0/s1. The van der Waals surface area contributed by atoms with Gasteiger partial charge in [-0.3, -0.25) is 14.4 Å². The van der Waals surface area contributed by atoms with E-state index in [4.69, 9.17) is 5.73 Å². The van der Waals surface area contributed by atoms with Gasteiger partial charge in [-0.1, -0.05) is 13.8 Å². The van der Waals surface area contributed by atoms with Crippen LogP contribution in [0, 0.1) is 23.7 Å². The summed E-state index contributed by atoms with van der Waals surface area (Å²) < 4.78 is 1.34. The quantitative estimate of drug-likeness (QED) is 0.323. The number of β-lactam (4-membered cyclic amide) rings is 1. The summed E-state index contributed by atoms with van der Waals surface area (Å²) >= 11 is 1.47. The Bertz CT molecular complexity index is 1210. The molecule has 5 rings (SSSR count). The van der Waals surface area contributed by atoms with Crippen molar-refractivity contribution in [2.45, 2.75) is 76.4 Å². The maximum atomic E-state index is 13.2. The van der Waals surface area contributed by atoms with Gasteiger partial charge in [0.15, 0.2) is 5.78 Å². The van der Waals surface area contributed by atoms with Crippen molar-refractivity contribution in [3.8, 4) is 0 Å². The highest BCUT2D eigenvalue weighted by Crippen LogP contribution is 2.53. The van der Waals surface area contributed by atoms with Crippen LogP contribution in [0.2, 0.25) is 0 Å². The molecule has 1 aromatic heterocycles. The first-order chi connectivity index (χ1) is 18.9. The van der Waals surface area contributed by atoms with Gasteiger partial charge in [0.1, 0.15) is 18.6 Å². The molecular formula is C26H38N8O5S. The molecule has 2 amide bonds. The Morgan fingerprint density at radius 2 is 2.08 bits per heavy atom. The molecule has 5 heterocycles. The number of carboxylic acids is 1. The van der Waals surface area contributed by atoms with Crippen molar-refractivity contribution in [3.63, 3.8) is 0 Å². The SMILES string of the molecule is C[C@@H](CC(=O)Cn1cnnn1)[C@H]1C(=O)N2C(C(=O)O)=C(S[C@@H]3CN[C@H](C(=O)N4CC[C@@H](C(C)(C)N)C4)C3)[C@H](C)[C@H]12. The lowest BCUT2D eigenvalue weighted by molar-refractivity contribution is -0.160. The molecule has 1 aromatic rings. The van der Waals surface area contributed by atoms with Gasteiger partial charge in [0, 0.05) is 47.7 Å². The van der Waals surface area contributed by atoms with Gasteiger partial charge in [0.05, 0.1) is 18.0 Å². The molecule has 0 bridgehead atoms. The van der Waals surface area contributed by atoms with E-state index in [9.17, 15) is 24.3 Å². The fraction of sp³-hybridized carbons (Fsp3) is 0.731. The second kappa shape index (κ2) is 10.9. The van der Waals surface area contributed by atoms with Gasteiger partial charge in [0.2, 0.25) is 11.8 Å². The van der Waals surface area contributed by atoms with E-state index >= 15 is 0 Å². The van der Waals surface area contributed by atoms with Gasteiger partial charge in [0.25, 0.3) is 0 Å². The van der Waals surface area contributed by atoms with Crippen LogP contribution in [0.4, 0.5) is 0 Å². The molecule has 0 spiro atoms. The molecule has 0 aromatic carbocycles. The number of carbonyl (C=O) groups is 4. The van der Waals surface area contributed by atoms with Crippen molar-refractivity contribution in [2.24, 2.45) is 29.4 Å². The fourth-order valence-corrected chi connectivity index (χ4v) is 8.18. The molecular weight excluding hydrogens is 536 g/mol. The minimum absolute atomic E-state index is 0.00708. The summed E-state index contributed by atoms with van der Waals surface area (Å²) in [6, 6.07) is -0.620. The monoisotopic (exact) mass is 574 g/mol. The Labute approximate surface area is 237 Å². The van der Waals surface area contributed by atoms with E-state index in [0.29, 0.717) is 31.0 Å². The number of likely N-dealkylation sites (tertiary alicyclic amines) is 1. The third kappa shape index (κ3) is 5.28. The van der Waals surface area contributed by atoms with Crippen LogP contribution >= 0.6 is 11.8 Å². The highest BCUT2D eigenvalue weighted by Gasteiger charge is 2.60. The van der Waals surface area contributed by atoms with E-state index in [-0.39, 0.29) is 76.9 Å². The van der Waals surface area contributed by atoms with E-state index in [1.807, 2.05) is 32.6 Å². The van der Waals surface area contributed by atoms with Crippen LogP contribution in [-0.4, -0.2) is 101 Å². The third-order valence-electron chi connectivity index (χ3n) is 8.92. The predicted molar refractivity (Wildman–Crippen MR) is 145 cm³/mol. The fourth-order valence-electron chi connectivity index (χ4n) is 6.70. The van der Waals surface area contributed by atoms with Crippen molar-refractivity contribution in [1.29, 1.82) is 0 Å². The third-order valence-corrected chi connectivity index (χ3v) is 10.4. The highest BCUT2D eigenvalue weighted by atomic mass is 32.2. The number of rotatable bonds is 10. The molecule has 7 atom stereocenters. The van der Waals surface area contributed by atoms with E-state index in [1.54, 1.807) is 0 Å². The number of nitrogens with two attached hydrogens (primary N) is 1. The molecule has 0 radical (unpaired) electrons. The Balaban J connectivity index is 1.21. The van der Waals surface area contributed by atoms with Crippen LogP contribution in [-0.2, 0) is 25.7 Å². The van der Waals surface area contributed by atoms with Gasteiger partial charge < -0.3 is 26.0 Å². The molecule has 0 unspecified atom stereocenters. The van der Waals surface area contributed by atoms with E-state index in [2.05, 4.69) is 20.8 Å². The number of aliphatic carboxylic acids is 1. The van der Waals surface area contributed by atoms with E-state index < -0.39 is 11.9 Å². The van der Waals surface area contributed by atoms with Crippen LogP contribution in [0.5, 0.6) is 0 Å². The summed E-state index contributed by atoms with van der Waals surface area (Å²) in [6.45, 7) is 9.76. The Kier molecular flexibility index (Phi) is 7.79. The highest BCUT2D eigenvalue weighted by molar-refractivity contribution is 8.03. The average Bonchev–Trinajstić information content (AvgIpc) is 3.66. The summed E-state index contributed by atoms with van der Waals surface area (Å²) in [6.07, 6.45) is 3.01. The van der Waals surface area contributed by atoms with E-state index in [0.717, 1.165) is 6.42 Å². The van der Waals surface area contributed by atoms with Crippen LogP contribution < -0.4 is 11.1 Å². The number of tetrazole rings is 1. The minimum Gasteiger partial charge on any atom is -0.477 e. The number of aromatic nitrogens is 4. The van der Waals surface area contributed by atoms with Crippen LogP contribution in [0.1, 0.15) is 47.0 Å². The lowest BCUT2D eigenvalue weighted by atomic mass is 9.73. The molecule has 3 saturated heterocycles. The molecule has 4 aliphatic heterocycles. The number of fused-ring (bicyclic) bond motifs is 1. The zero-order valence-corrected chi connectivity index (χ0v) is 24.1. The maximum Gasteiger partial charge on any atom is 0.353 e. The largest absolute Gasteiger partial charge is 0.477 e. The summed E-state index contributed by atoms with van der Waals surface area (Å²) in [5, 5.41) is 24.2. The van der Waals surface area contributed by atoms with Crippen LogP contribution in [0.15, 0.2) is 16.9 Å². The van der Waals surface area contributed by atoms with Gasteiger partial charge in [-0.05, 0) is 49.0 Å². The van der Waals surface area contributed by atoms with Crippen molar-refractivity contribution >= 4 is 35.3 Å². The number of hydrogen-bond donors (Lipinski definition) is 3. The number of hydrogen-bond acceptors (Lipinski definition) is 10. The van der Waals surface area contributed by atoms with Crippen LogP contribution in [0.25, 0.3) is 0 Å². The predicted octanol–water partition coefficient (Wildman–Crippen LogP) is 0.0908. The molecule has 218 valence electrons. The van der Waals surface area contributed by atoms with Crippen LogP contribution in [0.3, 0.4) is 0 Å². The molecule has 0 saturated carbocycles. The number of Topliss-reactive ketones (excluding diaryl/α,β-unsaturated/α-hetero) is 1. The summed E-state index contributed by atoms with van der Waals surface area (Å²) in [7, 11) is 0. The van der Waals surface area contributed by atoms with Gasteiger partial charge >= 0.3 is 5.97 Å². The van der Waals surface area contributed by atoms with Crippen molar-refractivity contribution < 1.29 is 24.3 Å². The van der Waals surface area contributed by atoms with Gasteiger partial charge in [-0.25, -0.2) is 9.48 Å². The number of amides is 2. The zero-order valence-electron chi connectivity index (χ0n) is 23.3. The molecule has 13 nitrogen and oxygen atoms in total. The van der Waals surface area contributed by atoms with Crippen molar-refractivity contribution in [1.82, 2.24) is 35.3 Å². The van der Waals surface area contributed by atoms with E-state index in [1.165, 1.54) is 27.7 Å². The first-order valence-electron chi connectivity index (χ1n) is 13.9. The number of thioether (sulfide) groups is 1. The first-order valence-corrected chi connectivity index (χ1v) is 14.8. The summed E-state index contributed by atoms with van der Waals surface area (Å²) in [5.41, 5.74) is 5.98. The lowest BCUT2D eigenvalue weighted by Crippen LogP contribution is -2.62. The maximum absolute atomic E-state index is 13.2. The second-order valence-electron chi connectivity index (χ2n) is 12.3. The average molecular weight is 575 g/mol. The molecule has 4 aliphatic rings. The number of nitrogens with one attached hydrogen (secondary N) is 1. The minimum atomic E-state index is -1.13. The smallest absolute Gasteiger partial charge is 0.353 e. The lowest BCUT2D eigenvalue weighted by Gasteiger charge is -2.47. The molecule has 4 N–H and O–H groups in total. The topological polar surface area (TPSA) is 177 Å². The summed E-state index contributed by atoms with van der Waals surface area (Å²) in [4.78, 5) is 55.3. The van der Waals surface area contributed by atoms with Crippen molar-refractivity contribution in [2.75, 3.05) is 19.6 Å². The molecule has 0 aliphatic carbocycles.